The van der Waals surface area contributed by atoms with Crippen molar-refractivity contribution in [2.24, 2.45) is 7.05 Å². The lowest BCUT2D eigenvalue weighted by atomic mass is 9.93. The minimum atomic E-state index is 0.251. The molecule has 0 atom stereocenters. The van der Waals surface area contributed by atoms with Gasteiger partial charge in [-0.05, 0) is 48.2 Å². The van der Waals surface area contributed by atoms with Crippen molar-refractivity contribution in [3.05, 3.63) is 71.2 Å². The zero-order valence-electron chi connectivity index (χ0n) is 15.5. The summed E-state index contributed by atoms with van der Waals surface area (Å²) in [4.78, 5) is 3.74. The first-order valence-electron chi connectivity index (χ1n) is 8.83. The molecule has 0 fully saturated rings. The molecule has 2 heterocycles. The first-order chi connectivity index (χ1) is 12.5. The van der Waals surface area contributed by atoms with Gasteiger partial charge in [0.15, 0.2) is 11.9 Å². The van der Waals surface area contributed by atoms with E-state index in [-0.39, 0.29) is 5.92 Å². The van der Waals surface area contributed by atoms with E-state index >= 15 is 0 Å². The van der Waals surface area contributed by atoms with Crippen molar-refractivity contribution >= 4 is 27.6 Å². The highest BCUT2D eigenvalue weighted by molar-refractivity contribution is 6.10. The summed E-state index contributed by atoms with van der Waals surface area (Å²) in [5, 5.41) is 2.15. The molecule has 26 heavy (non-hydrogen) atoms. The van der Waals surface area contributed by atoms with E-state index in [2.05, 4.69) is 67.7 Å². The molecular formula is C23H21N2O+. The first kappa shape index (κ1) is 16.4. The van der Waals surface area contributed by atoms with Crippen molar-refractivity contribution in [1.29, 1.82) is 0 Å². The molecule has 0 bridgehead atoms. The number of aryl methyl sites for hydroxylation is 2. The van der Waals surface area contributed by atoms with Gasteiger partial charge < -0.3 is 4.42 Å². The van der Waals surface area contributed by atoms with Gasteiger partial charge in [-0.25, -0.2) is 9.41 Å². The summed E-state index contributed by atoms with van der Waals surface area (Å²) in [7, 11) is 2.06. The Kier molecular flexibility index (Phi) is 3.77. The number of aromatic nitrogens is 1. The minimum absolute atomic E-state index is 0.251. The molecule has 4 aromatic rings. The zero-order chi connectivity index (χ0) is 18.4. The predicted molar refractivity (Wildman–Crippen MR) is 105 cm³/mol. The summed E-state index contributed by atoms with van der Waals surface area (Å²) in [6.07, 6.45) is 2.06. The molecule has 0 aliphatic rings. The average Bonchev–Trinajstić information content (AvgIpc) is 2.97. The number of pyridine rings is 1. The number of rotatable bonds is 2. The van der Waals surface area contributed by atoms with Crippen molar-refractivity contribution in [1.82, 2.24) is 0 Å². The Morgan fingerprint density at radius 3 is 2.58 bits per heavy atom. The maximum atomic E-state index is 7.54. The molecule has 3 heteroatoms. The van der Waals surface area contributed by atoms with Crippen LogP contribution in [-0.4, -0.2) is 0 Å². The molecule has 2 aromatic carbocycles. The lowest BCUT2D eigenvalue weighted by Gasteiger charge is -2.10. The van der Waals surface area contributed by atoms with E-state index in [0.29, 0.717) is 5.69 Å². The summed E-state index contributed by atoms with van der Waals surface area (Å²) < 4.78 is 8.26. The molecule has 0 unspecified atom stereocenters. The highest BCUT2D eigenvalue weighted by Gasteiger charge is 2.20. The third-order valence-electron chi connectivity index (χ3n) is 5.03. The van der Waals surface area contributed by atoms with Gasteiger partial charge >= 0.3 is 0 Å². The zero-order valence-corrected chi connectivity index (χ0v) is 15.5. The second-order valence-corrected chi connectivity index (χ2v) is 7.10. The molecule has 0 aliphatic heterocycles. The second kappa shape index (κ2) is 6.00. The fraction of sp³-hybridized carbons (Fsp3) is 0.217. The topological polar surface area (TPSA) is 21.4 Å². The van der Waals surface area contributed by atoms with Crippen LogP contribution in [0.5, 0.6) is 0 Å². The molecule has 0 radical (unpaired) electrons. The Morgan fingerprint density at radius 2 is 1.88 bits per heavy atom. The van der Waals surface area contributed by atoms with Crippen molar-refractivity contribution < 1.29 is 8.98 Å². The Bertz CT molecular complexity index is 1190. The predicted octanol–water partition coefficient (Wildman–Crippen LogP) is 6.06. The molecule has 3 nitrogen and oxygen atoms in total. The molecule has 0 N–H and O–H groups in total. The van der Waals surface area contributed by atoms with Gasteiger partial charge in [-0.2, -0.15) is 0 Å². The molecular weight excluding hydrogens is 320 g/mol. The molecule has 0 aliphatic carbocycles. The van der Waals surface area contributed by atoms with Crippen LogP contribution in [-0.2, 0) is 7.05 Å². The van der Waals surface area contributed by atoms with E-state index in [9.17, 15) is 0 Å². The van der Waals surface area contributed by atoms with E-state index < -0.39 is 0 Å². The van der Waals surface area contributed by atoms with E-state index in [0.717, 1.165) is 33.2 Å². The number of nitrogens with zero attached hydrogens (tertiary/aromatic N) is 2. The molecule has 0 spiro atoms. The summed E-state index contributed by atoms with van der Waals surface area (Å²) in [5.41, 5.74) is 7.04. The standard InChI is InChI=1S/C23H21N2O/c1-14(2)22-18(24-4)9-10-20-23(22)17-13-16(15(3)12-21(17)26-20)19-8-6-7-11-25(19)5/h6-14H,1-3,5H3/q+1. The molecule has 2 aromatic heterocycles. The highest BCUT2D eigenvalue weighted by Crippen LogP contribution is 2.41. The van der Waals surface area contributed by atoms with Gasteiger partial charge in [0.1, 0.15) is 18.2 Å². The van der Waals surface area contributed by atoms with Crippen LogP contribution < -0.4 is 4.57 Å². The van der Waals surface area contributed by atoms with Crippen molar-refractivity contribution in [3.8, 4) is 11.3 Å². The third-order valence-corrected chi connectivity index (χ3v) is 5.03. The minimum Gasteiger partial charge on any atom is -0.456 e. The Balaban J connectivity index is 2.14. The Labute approximate surface area is 153 Å². The summed E-state index contributed by atoms with van der Waals surface area (Å²) in [5.74, 6) is 0.251. The lowest BCUT2D eigenvalue weighted by molar-refractivity contribution is -0.660. The van der Waals surface area contributed by atoms with Crippen molar-refractivity contribution in [2.75, 3.05) is 0 Å². The van der Waals surface area contributed by atoms with Crippen LogP contribution in [0, 0.1) is 13.5 Å². The van der Waals surface area contributed by atoms with Gasteiger partial charge in [0.25, 0.3) is 0 Å². The largest absolute Gasteiger partial charge is 0.456 e. The maximum absolute atomic E-state index is 7.54. The average molecular weight is 341 g/mol. The molecule has 0 saturated heterocycles. The van der Waals surface area contributed by atoms with Gasteiger partial charge in [0, 0.05) is 28.5 Å². The van der Waals surface area contributed by atoms with Crippen LogP contribution in [0.2, 0.25) is 0 Å². The molecule has 4 rings (SSSR count). The van der Waals surface area contributed by atoms with Crippen LogP contribution >= 0.6 is 0 Å². The second-order valence-electron chi connectivity index (χ2n) is 7.10. The Morgan fingerprint density at radius 1 is 1.08 bits per heavy atom. The SMILES string of the molecule is [C-]#[N+]c1ccc2oc3cc(C)c(-c4cccc[n+]4C)cc3c2c1C(C)C. The summed E-state index contributed by atoms with van der Waals surface area (Å²) >= 11 is 0. The number of benzene rings is 2. The van der Waals surface area contributed by atoms with Crippen molar-refractivity contribution in [3.63, 3.8) is 0 Å². The number of hydrogen-bond donors (Lipinski definition) is 0. The van der Waals surface area contributed by atoms with Crippen LogP contribution in [0.15, 0.2) is 53.1 Å². The fourth-order valence-corrected chi connectivity index (χ4v) is 3.79. The first-order valence-corrected chi connectivity index (χ1v) is 8.83. The van der Waals surface area contributed by atoms with Gasteiger partial charge in [0.05, 0.1) is 6.57 Å². The third kappa shape index (κ3) is 2.38. The van der Waals surface area contributed by atoms with Crippen LogP contribution in [0.4, 0.5) is 5.69 Å². The molecule has 0 saturated carbocycles. The summed E-state index contributed by atoms with van der Waals surface area (Å²) in [6.45, 7) is 13.9. The van der Waals surface area contributed by atoms with Crippen LogP contribution in [0.1, 0.15) is 30.9 Å². The van der Waals surface area contributed by atoms with Crippen LogP contribution in [0.3, 0.4) is 0 Å². The van der Waals surface area contributed by atoms with Gasteiger partial charge in [-0.3, -0.25) is 0 Å². The van der Waals surface area contributed by atoms with Crippen molar-refractivity contribution in [2.45, 2.75) is 26.7 Å². The van der Waals surface area contributed by atoms with E-state index in [1.165, 1.54) is 11.1 Å². The normalized spacial score (nSPS) is 11.4. The molecule has 0 amide bonds. The maximum Gasteiger partial charge on any atom is 0.212 e. The van der Waals surface area contributed by atoms with E-state index in [4.69, 9.17) is 11.0 Å². The van der Waals surface area contributed by atoms with Gasteiger partial charge in [0.2, 0.25) is 5.69 Å². The number of fused-ring (bicyclic) bond motifs is 3. The van der Waals surface area contributed by atoms with Gasteiger partial charge in [-0.1, -0.05) is 19.9 Å². The number of hydrogen-bond acceptors (Lipinski definition) is 1. The molecule has 128 valence electrons. The van der Waals surface area contributed by atoms with E-state index in [1.807, 2.05) is 18.2 Å². The monoisotopic (exact) mass is 341 g/mol. The fourth-order valence-electron chi connectivity index (χ4n) is 3.79. The quantitative estimate of drug-likeness (QED) is 0.321. The summed E-state index contributed by atoms with van der Waals surface area (Å²) in [6, 6.07) is 14.3. The lowest BCUT2D eigenvalue weighted by Crippen LogP contribution is -2.30. The highest BCUT2D eigenvalue weighted by atomic mass is 16.3. The number of furan rings is 1. The van der Waals surface area contributed by atoms with Gasteiger partial charge in [-0.15, -0.1) is 0 Å². The Hall–Kier alpha value is -3.12. The van der Waals surface area contributed by atoms with Crippen LogP contribution in [0.25, 0.3) is 38.0 Å². The smallest absolute Gasteiger partial charge is 0.212 e. The van der Waals surface area contributed by atoms with E-state index in [1.54, 1.807) is 0 Å².